The van der Waals surface area contributed by atoms with Crippen LogP contribution in [0.4, 0.5) is 0 Å². The van der Waals surface area contributed by atoms with Crippen LogP contribution in [0.3, 0.4) is 0 Å². The molecule has 6 unspecified atom stereocenters. The minimum Gasteiger partial charge on any atom is -0.461 e. The van der Waals surface area contributed by atoms with Gasteiger partial charge in [0.05, 0.1) is 11.8 Å². The molecular formula is C16H24O5. The molecule has 3 saturated carbocycles. The van der Waals surface area contributed by atoms with Crippen molar-refractivity contribution in [1.82, 2.24) is 0 Å². The molecule has 4 aliphatic rings. The van der Waals surface area contributed by atoms with Crippen LogP contribution in [0.5, 0.6) is 0 Å². The van der Waals surface area contributed by atoms with Gasteiger partial charge in [-0.1, -0.05) is 0 Å². The number of esters is 2. The normalized spacial score (nSPS) is 41.0. The summed E-state index contributed by atoms with van der Waals surface area (Å²) in [7, 11) is 0. The van der Waals surface area contributed by atoms with Crippen molar-refractivity contribution in [1.29, 1.82) is 0 Å². The van der Waals surface area contributed by atoms with Crippen molar-refractivity contribution >= 4 is 11.9 Å². The molecule has 0 spiro atoms. The third-order valence-corrected chi connectivity index (χ3v) is 5.20. The molecule has 118 valence electrons. The van der Waals surface area contributed by atoms with Gasteiger partial charge in [0.2, 0.25) is 0 Å². The van der Waals surface area contributed by atoms with Gasteiger partial charge in [0.25, 0.3) is 0 Å². The van der Waals surface area contributed by atoms with Gasteiger partial charge in [-0.2, -0.15) is 0 Å². The highest BCUT2D eigenvalue weighted by atomic mass is 16.6. The van der Waals surface area contributed by atoms with Crippen molar-refractivity contribution in [3.8, 4) is 0 Å². The monoisotopic (exact) mass is 296 g/mol. The summed E-state index contributed by atoms with van der Waals surface area (Å²) in [5.74, 6) is -0.943. The lowest BCUT2D eigenvalue weighted by Gasteiger charge is -2.48. The van der Waals surface area contributed by atoms with E-state index >= 15 is 0 Å². The molecule has 6 atom stereocenters. The van der Waals surface area contributed by atoms with Crippen LogP contribution in [-0.2, 0) is 19.1 Å². The summed E-state index contributed by atoms with van der Waals surface area (Å²) in [5.41, 5.74) is -0.553. The van der Waals surface area contributed by atoms with E-state index in [0.717, 1.165) is 12.8 Å². The lowest BCUT2D eigenvalue weighted by atomic mass is 9.54. The van der Waals surface area contributed by atoms with Gasteiger partial charge < -0.3 is 14.6 Å². The van der Waals surface area contributed by atoms with E-state index < -0.39 is 11.5 Å². The summed E-state index contributed by atoms with van der Waals surface area (Å²) < 4.78 is 11.1. The maximum atomic E-state index is 12.6. The fraction of sp³-hybridized carbons (Fsp3) is 0.875. The van der Waals surface area contributed by atoms with Crippen LogP contribution in [0, 0.1) is 29.6 Å². The first-order valence-corrected chi connectivity index (χ1v) is 7.87. The second-order valence-corrected chi connectivity index (χ2v) is 7.57. The summed E-state index contributed by atoms with van der Waals surface area (Å²) in [6, 6.07) is 0. The summed E-state index contributed by atoms with van der Waals surface area (Å²) >= 11 is 0. The van der Waals surface area contributed by atoms with E-state index in [1.165, 1.54) is 0 Å². The van der Waals surface area contributed by atoms with Crippen molar-refractivity contribution in [3.05, 3.63) is 0 Å². The molecule has 0 amide bonds. The Morgan fingerprint density at radius 2 is 2.00 bits per heavy atom. The lowest BCUT2D eigenvalue weighted by Crippen LogP contribution is -2.53. The smallest absolute Gasteiger partial charge is 0.310 e. The van der Waals surface area contributed by atoms with E-state index in [0.29, 0.717) is 6.42 Å². The zero-order valence-corrected chi connectivity index (χ0v) is 12.9. The molecule has 5 heteroatoms. The third kappa shape index (κ3) is 2.35. The summed E-state index contributed by atoms with van der Waals surface area (Å²) in [6.07, 6.45) is 2.34. The highest BCUT2D eigenvalue weighted by molar-refractivity contribution is 5.85. The van der Waals surface area contributed by atoms with E-state index in [-0.39, 0.29) is 48.3 Å². The number of carbonyl (C=O) groups is 2. The molecule has 4 rings (SSSR count). The van der Waals surface area contributed by atoms with Gasteiger partial charge in [-0.05, 0) is 46.0 Å². The summed E-state index contributed by atoms with van der Waals surface area (Å²) in [4.78, 5) is 24.8. The number of carbonyl (C=O) groups excluding carboxylic acids is 2. The van der Waals surface area contributed by atoms with E-state index in [9.17, 15) is 14.7 Å². The molecular weight excluding hydrogens is 272 g/mol. The first kappa shape index (κ1) is 14.8. The zero-order chi connectivity index (χ0) is 15.4. The Morgan fingerprint density at radius 3 is 2.62 bits per heavy atom. The highest BCUT2D eigenvalue weighted by Gasteiger charge is 2.64. The van der Waals surface area contributed by atoms with E-state index in [2.05, 4.69) is 0 Å². The number of aliphatic hydroxyl groups is 1. The maximum absolute atomic E-state index is 12.6. The number of hydrogen-bond acceptors (Lipinski definition) is 5. The standard InChI is InChI=1S/C16H24O5/c1-16(2,3)21-15(19)11-8-4-5-10-12(11)14(18)20-13(10)9(8)6-7-17/h8-13,17H,4-7H2,1-3H3. The minimum atomic E-state index is -0.553. The van der Waals surface area contributed by atoms with Gasteiger partial charge in [0, 0.05) is 18.4 Å². The van der Waals surface area contributed by atoms with E-state index in [1.807, 2.05) is 20.8 Å². The maximum Gasteiger partial charge on any atom is 0.310 e. The number of aliphatic hydroxyl groups excluding tert-OH is 1. The molecule has 0 radical (unpaired) electrons. The Morgan fingerprint density at radius 1 is 1.33 bits per heavy atom. The number of rotatable bonds is 3. The Hall–Kier alpha value is -1.10. The Balaban J connectivity index is 1.89. The second kappa shape index (κ2) is 4.97. The molecule has 5 nitrogen and oxygen atoms in total. The van der Waals surface area contributed by atoms with Crippen LogP contribution in [0.25, 0.3) is 0 Å². The zero-order valence-electron chi connectivity index (χ0n) is 12.9. The lowest BCUT2D eigenvalue weighted by molar-refractivity contribution is -0.173. The molecule has 0 aromatic heterocycles. The van der Waals surface area contributed by atoms with Crippen LogP contribution < -0.4 is 0 Å². The van der Waals surface area contributed by atoms with Crippen molar-refractivity contribution < 1.29 is 24.2 Å². The van der Waals surface area contributed by atoms with Crippen molar-refractivity contribution in [2.75, 3.05) is 6.61 Å². The van der Waals surface area contributed by atoms with Gasteiger partial charge >= 0.3 is 11.9 Å². The topological polar surface area (TPSA) is 72.8 Å². The average Bonchev–Trinajstić information content (AvgIpc) is 2.66. The molecule has 1 N–H and O–H groups in total. The summed E-state index contributed by atoms with van der Waals surface area (Å²) in [5, 5.41) is 9.29. The Labute approximate surface area is 125 Å². The Kier molecular flexibility index (Phi) is 3.51. The summed E-state index contributed by atoms with van der Waals surface area (Å²) in [6.45, 7) is 5.58. The minimum absolute atomic E-state index is 0.0631. The van der Waals surface area contributed by atoms with Gasteiger partial charge in [-0.15, -0.1) is 0 Å². The molecule has 4 fully saturated rings. The van der Waals surface area contributed by atoms with Gasteiger partial charge in [0.1, 0.15) is 11.7 Å². The van der Waals surface area contributed by atoms with Crippen LogP contribution in [0.15, 0.2) is 0 Å². The van der Waals surface area contributed by atoms with Crippen LogP contribution in [0.1, 0.15) is 40.0 Å². The SMILES string of the molecule is CC(C)(C)OC(=O)C1C2CCC3C(OC(=O)C31)C2CCO. The molecule has 0 aromatic carbocycles. The number of hydrogen-bond donors (Lipinski definition) is 1. The first-order chi connectivity index (χ1) is 9.83. The average molecular weight is 296 g/mol. The number of fused-ring (bicyclic) bond motifs is 1. The van der Waals surface area contributed by atoms with Crippen LogP contribution >= 0.6 is 0 Å². The molecule has 1 aliphatic heterocycles. The first-order valence-electron chi connectivity index (χ1n) is 7.87. The molecule has 4 bridgehead atoms. The van der Waals surface area contributed by atoms with Crippen molar-refractivity contribution in [3.63, 3.8) is 0 Å². The predicted molar refractivity (Wildman–Crippen MR) is 74.1 cm³/mol. The van der Waals surface area contributed by atoms with Crippen molar-refractivity contribution in [2.45, 2.75) is 51.7 Å². The number of ether oxygens (including phenoxy) is 2. The highest BCUT2D eigenvalue weighted by Crippen LogP contribution is 2.58. The third-order valence-electron chi connectivity index (χ3n) is 5.20. The Bertz CT molecular complexity index is 452. The van der Waals surface area contributed by atoms with Gasteiger partial charge in [-0.25, -0.2) is 0 Å². The molecule has 0 aromatic rings. The second-order valence-electron chi connectivity index (χ2n) is 7.57. The van der Waals surface area contributed by atoms with Crippen LogP contribution in [-0.4, -0.2) is 35.4 Å². The largest absolute Gasteiger partial charge is 0.461 e. The van der Waals surface area contributed by atoms with Gasteiger partial charge in [0.15, 0.2) is 0 Å². The van der Waals surface area contributed by atoms with E-state index in [4.69, 9.17) is 9.47 Å². The quantitative estimate of drug-likeness (QED) is 0.799. The van der Waals surface area contributed by atoms with Crippen molar-refractivity contribution in [2.24, 2.45) is 29.6 Å². The van der Waals surface area contributed by atoms with Gasteiger partial charge in [-0.3, -0.25) is 9.59 Å². The molecule has 21 heavy (non-hydrogen) atoms. The molecule has 1 saturated heterocycles. The van der Waals surface area contributed by atoms with E-state index in [1.54, 1.807) is 0 Å². The predicted octanol–water partition coefficient (Wildman–Crippen LogP) is 1.52. The van der Waals surface area contributed by atoms with Crippen LogP contribution in [0.2, 0.25) is 0 Å². The fourth-order valence-electron chi connectivity index (χ4n) is 4.61. The fourth-order valence-corrected chi connectivity index (χ4v) is 4.61. The molecule has 3 aliphatic carbocycles. The molecule has 1 heterocycles.